The number of β-amino-alcohol motifs (C(OH)–C–C–N with tert-alkyl or cyclic N) is 1. The Bertz CT molecular complexity index is 390. The lowest BCUT2D eigenvalue weighted by Crippen LogP contribution is -2.51. The zero-order chi connectivity index (χ0) is 13.1. The van der Waals surface area contributed by atoms with E-state index < -0.39 is 5.60 Å². The first-order valence-electron chi connectivity index (χ1n) is 6.88. The summed E-state index contributed by atoms with van der Waals surface area (Å²) in [6.45, 7) is 4.17. The Labute approximate surface area is 112 Å². The largest absolute Gasteiger partial charge is 0.388 e. The summed E-state index contributed by atoms with van der Waals surface area (Å²) in [7, 11) is 0. The molecule has 1 aromatic rings. The summed E-state index contributed by atoms with van der Waals surface area (Å²) < 4.78 is 10.9. The highest BCUT2D eigenvalue weighted by Crippen LogP contribution is 2.28. The normalized spacial score (nSPS) is 28.4. The summed E-state index contributed by atoms with van der Waals surface area (Å²) in [6.07, 6.45) is 3.17. The number of aliphatic hydroxyl groups is 1. The van der Waals surface area contributed by atoms with Crippen LogP contribution in [-0.2, 0) is 9.47 Å². The maximum atomic E-state index is 10.7. The molecular formula is C13H21N3O3. The number of nitrogens with one attached hydrogen (secondary N) is 1. The Morgan fingerprint density at radius 2 is 2.21 bits per heavy atom. The first-order valence-corrected chi connectivity index (χ1v) is 6.88. The van der Waals surface area contributed by atoms with Crippen molar-refractivity contribution < 1.29 is 14.6 Å². The molecule has 0 amide bonds. The van der Waals surface area contributed by atoms with Crippen LogP contribution in [0.3, 0.4) is 0 Å². The maximum absolute atomic E-state index is 10.7. The van der Waals surface area contributed by atoms with E-state index in [2.05, 4.69) is 15.1 Å². The van der Waals surface area contributed by atoms with Gasteiger partial charge in [-0.05, 0) is 6.07 Å². The molecule has 2 aliphatic rings. The molecule has 106 valence electrons. The molecule has 2 N–H and O–H groups in total. The van der Waals surface area contributed by atoms with Crippen molar-refractivity contribution in [1.82, 2.24) is 15.1 Å². The first kappa shape index (κ1) is 13.1. The molecule has 3 heterocycles. The number of morpholine rings is 1. The fourth-order valence-corrected chi connectivity index (χ4v) is 2.85. The van der Waals surface area contributed by atoms with E-state index in [1.54, 1.807) is 6.20 Å². The number of hydrogen-bond acceptors (Lipinski definition) is 5. The van der Waals surface area contributed by atoms with Crippen molar-refractivity contribution in [2.75, 3.05) is 39.5 Å². The maximum Gasteiger partial charge on any atom is 0.0818 e. The van der Waals surface area contributed by atoms with Crippen LogP contribution in [0.5, 0.6) is 0 Å². The Hall–Kier alpha value is -0.950. The molecule has 6 nitrogen and oxygen atoms in total. The lowest BCUT2D eigenvalue weighted by Gasteiger charge is -2.41. The summed E-state index contributed by atoms with van der Waals surface area (Å²) in [4.78, 5) is 2.29. The van der Waals surface area contributed by atoms with Gasteiger partial charge in [0.1, 0.15) is 0 Å². The SMILES string of the molecule is OC1(CN2CCOCC2c2ccn[nH]2)CCOCC1. The van der Waals surface area contributed by atoms with Crippen LogP contribution in [0.15, 0.2) is 12.3 Å². The van der Waals surface area contributed by atoms with Crippen LogP contribution in [0.2, 0.25) is 0 Å². The number of H-pyrrole nitrogens is 1. The summed E-state index contributed by atoms with van der Waals surface area (Å²) in [6, 6.07) is 2.13. The number of aromatic amines is 1. The Balaban J connectivity index is 1.70. The van der Waals surface area contributed by atoms with Gasteiger partial charge in [-0.1, -0.05) is 0 Å². The van der Waals surface area contributed by atoms with Crippen LogP contribution in [0.1, 0.15) is 24.6 Å². The standard InChI is InChI=1S/C13H21N3O3/c17-13(2-6-18-7-3-13)10-16-5-8-19-9-12(16)11-1-4-14-15-11/h1,4,12,17H,2-3,5-10H2,(H,14,15). The summed E-state index contributed by atoms with van der Waals surface area (Å²) in [5, 5.41) is 17.7. The minimum absolute atomic E-state index is 0.156. The molecule has 0 radical (unpaired) electrons. The smallest absolute Gasteiger partial charge is 0.0818 e. The molecular weight excluding hydrogens is 246 g/mol. The van der Waals surface area contributed by atoms with E-state index in [1.165, 1.54) is 0 Å². The third kappa shape index (κ3) is 2.97. The highest BCUT2D eigenvalue weighted by atomic mass is 16.5. The van der Waals surface area contributed by atoms with E-state index in [0.717, 1.165) is 18.8 Å². The summed E-state index contributed by atoms with van der Waals surface area (Å²) >= 11 is 0. The topological polar surface area (TPSA) is 70.6 Å². The molecule has 19 heavy (non-hydrogen) atoms. The Morgan fingerprint density at radius 3 is 2.95 bits per heavy atom. The molecule has 0 saturated carbocycles. The number of ether oxygens (including phenoxy) is 2. The van der Waals surface area contributed by atoms with Crippen molar-refractivity contribution in [3.63, 3.8) is 0 Å². The first-order chi connectivity index (χ1) is 9.27. The van der Waals surface area contributed by atoms with E-state index in [0.29, 0.717) is 39.2 Å². The van der Waals surface area contributed by atoms with Crippen LogP contribution in [0.4, 0.5) is 0 Å². The zero-order valence-electron chi connectivity index (χ0n) is 11.0. The minimum Gasteiger partial charge on any atom is -0.388 e. The number of hydrogen-bond donors (Lipinski definition) is 2. The number of rotatable bonds is 3. The zero-order valence-corrected chi connectivity index (χ0v) is 11.0. The number of nitrogens with zero attached hydrogens (tertiary/aromatic N) is 2. The van der Waals surface area contributed by atoms with Gasteiger partial charge in [-0.3, -0.25) is 10.00 Å². The van der Waals surface area contributed by atoms with Crippen molar-refractivity contribution in [2.45, 2.75) is 24.5 Å². The quantitative estimate of drug-likeness (QED) is 0.825. The van der Waals surface area contributed by atoms with Crippen LogP contribution >= 0.6 is 0 Å². The fraction of sp³-hybridized carbons (Fsp3) is 0.769. The molecule has 1 unspecified atom stereocenters. The molecule has 0 aliphatic carbocycles. The van der Waals surface area contributed by atoms with Gasteiger partial charge in [0.15, 0.2) is 0 Å². The summed E-state index contributed by atoms with van der Waals surface area (Å²) in [5.41, 5.74) is 0.420. The molecule has 1 atom stereocenters. The molecule has 2 saturated heterocycles. The van der Waals surface area contributed by atoms with E-state index in [4.69, 9.17) is 9.47 Å². The molecule has 0 aromatic carbocycles. The average Bonchev–Trinajstić information content (AvgIpc) is 2.93. The van der Waals surface area contributed by atoms with Crippen LogP contribution in [-0.4, -0.2) is 65.3 Å². The predicted molar refractivity (Wildman–Crippen MR) is 68.7 cm³/mol. The average molecular weight is 267 g/mol. The van der Waals surface area contributed by atoms with Gasteiger partial charge in [0, 0.05) is 45.3 Å². The van der Waals surface area contributed by atoms with Gasteiger partial charge < -0.3 is 14.6 Å². The predicted octanol–water partition coefficient (Wildman–Crippen LogP) is 0.324. The van der Waals surface area contributed by atoms with Crippen LogP contribution in [0.25, 0.3) is 0 Å². The van der Waals surface area contributed by atoms with Crippen molar-refractivity contribution in [2.24, 2.45) is 0 Å². The molecule has 0 bridgehead atoms. The van der Waals surface area contributed by atoms with Crippen LogP contribution in [0, 0.1) is 0 Å². The third-order valence-electron chi connectivity index (χ3n) is 4.04. The highest BCUT2D eigenvalue weighted by Gasteiger charge is 2.36. The van der Waals surface area contributed by atoms with E-state index >= 15 is 0 Å². The lowest BCUT2D eigenvalue weighted by molar-refractivity contribution is -0.104. The van der Waals surface area contributed by atoms with Crippen molar-refractivity contribution in [1.29, 1.82) is 0 Å². The van der Waals surface area contributed by atoms with Crippen LogP contribution < -0.4 is 0 Å². The molecule has 2 fully saturated rings. The second-order valence-corrected chi connectivity index (χ2v) is 5.41. The van der Waals surface area contributed by atoms with Gasteiger partial charge in [0.05, 0.1) is 30.6 Å². The highest BCUT2D eigenvalue weighted by molar-refractivity contribution is 5.06. The van der Waals surface area contributed by atoms with Gasteiger partial charge in [0.2, 0.25) is 0 Å². The molecule has 2 aliphatic heterocycles. The van der Waals surface area contributed by atoms with Gasteiger partial charge in [-0.15, -0.1) is 0 Å². The fourth-order valence-electron chi connectivity index (χ4n) is 2.85. The van der Waals surface area contributed by atoms with Crippen molar-refractivity contribution >= 4 is 0 Å². The molecule has 1 aromatic heterocycles. The van der Waals surface area contributed by atoms with Gasteiger partial charge in [-0.2, -0.15) is 5.10 Å². The Morgan fingerprint density at radius 1 is 1.37 bits per heavy atom. The number of aromatic nitrogens is 2. The molecule has 3 rings (SSSR count). The van der Waals surface area contributed by atoms with E-state index in [1.807, 2.05) is 6.07 Å². The molecule has 0 spiro atoms. The van der Waals surface area contributed by atoms with E-state index in [-0.39, 0.29) is 6.04 Å². The second kappa shape index (κ2) is 5.58. The van der Waals surface area contributed by atoms with Crippen molar-refractivity contribution in [3.8, 4) is 0 Å². The van der Waals surface area contributed by atoms with Crippen molar-refractivity contribution in [3.05, 3.63) is 18.0 Å². The monoisotopic (exact) mass is 267 g/mol. The van der Waals surface area contributed by atoms with Gasteiger partial charge >= 0.3 is 0 Å². The van der Waals surface area contributed by atoms with Gasteiger partial charge in [-0.25, -0.2) is 0 Å². The van der Waals surface area contributed by atoms with E-state index in [9.17, 15) is 5.11 Å². The third-order valence-corrected chi connectivity index (χ3v) is 4.04. The second-order valence-electron chi connectivity index (χ2n) is 5.41. The summed E-state index contributed by atoms with van der Waals surface area (Å²) in [5.74, 6) is 0. The van der Waals surface area contributed by atoms with Gasteiger partial charge in [0.25, 0.3) is 0 Å². The molecule has 6 heteroatoms. The minimum atomic E-state index is -0.631. The Kier molecular flexibility index (Phi) is 3.83. The lowest BCUT2D eigenvalue weighted by atomic mass is 9.92.